The molecule has 0 bridgehead atoms. The zero-order chi connectivity index (χ0) is 16.4. The number of nitrogens with one attached hydrogen (secondary N) is 1. The van der Waals surface area contributed by atoms with Crippen molar-refractivity contribution >= 4 is 30.7 Å². The van der Waals surface area contributed by atoms with Crippen LogP contribution >= 0.6 is 0 Å². The lowest BCUT2D eigenvalue weighted by atomic mass is 10.2. The summed E-state index contributed by atoms with van der Waals surface area (Å²) in [5.41, 5.74) is 9.11. The first kappa shape index (κ1) is 16.7. The Kier molecular flexibility index (Phi) is 4.72. The van der Waals surface area contributed by atoms with Gasteiger partial charge in [-0.15, -0.1) is 0 Å². The van der Waals surface area contributed by atoms with Crippen LogP contribution < -0.4 is 11.1 Å². The van der Waals surface area contributed by atoms with Crippen molar-refractivity contribution in [3.05, 3.63) is 24.5 Å². The molecule has 2 heterocycles. The Balaban J connectivity index is 2.03. The van der Waals surface area contributed by atoms with Gasteiger partial charge < -0.3 is 15.5 Å². The minimum atomic E-state index is -1.71. The topological polar surface area (TPSA) is 73.1 Å². The molecule has 0 saturated heterocycles. The molecule has 6 heteroatoms. The summed E-state index contributed by atoms with van der Waals surface area (Å²) in [4.78, 5) is 8.66. The zero-order valence-corrected chi connectivity index (χ0v) is 15.1. The van der Waals surface area contributed by atoms with Crippen LogP contribution in [0.2, 0.25) is 18.1 Å². The molecule has 5 nitrogen and oxygen atoms in total. The minimum absolute atomic E-state index is 0.219. The van der Waals surface area contributed by atoms with Gasteiger partial charge in [-0.05, 0) is 30.3 Å². The second-order valence-electron chi connectivity index (χ2n) is 7.00. The fourth-order valence-corrected chi connectivity index (χ4v) is 2.96. The molecular formula is C16H26N4OSi. The summed E-state index contributed by atoms with van der Waals surface area (Å²) in [6, 6.07) is 3.80. The Hall–Kier alpha value is -1.66. The molecule has 2 aromatic heterocycles. The van der Waals surface area contributed by atoms with E-state index in [4.69, 9.17) is 10.2 Å². The fourth-order valence-electron chi connectivity index (χ4n) is 1.92. The van der Waals surface area contributed by atoms with Gasteiger partial charge in [0.25, 0.3) is 0 Å². The van der Waals surface area contributed by atoms with E-state index in [0.29, 0.717) is 18.8 Å². The molecule has 0 saturated carbocycles. The van der Waals surface area contributed by atoms with Crippen molar-refractivity contribution in [1.82, 2.24) is 9.97 Å². The van der Waals surface area contributed by atoms with Crippen LogP contribution in [0.25, 0.3) is 11.0 Å². The first-order valence-electron chi connectivity index (χ1n) is 7.59. The number of nitrogens with two attached hydrogens (primary N) is 1. The molecule has 0 radical (unpaired) electrons. The van der Waals surface area contributed by atoms with Gasteiger partial charge in [0.05, 0.1) is 29.7 Å². The van der Waals surface area contributed by atoms with Crippen molar-refractivity contribution in [1.29, 1.82) is 0 Å². The number of nitrogen functional groups attached to an aromatic ring is 1. The predicted molar refractivity (Wildman–Crippen MR) is 95.6 cm³/mol. The maximum absolute atomic E-state index is 6.17. The molecule has 0 unspecified atom stereocenters. The highest BCUT2D eigenvalue weighted by atomic mass is 28.4. The minimum Gasteiger partial charge on any atom is -0.415 e. The highest BCUT2D eigenvalue weighted by molar-refractivity contribution is 6.74. The van der Waals surface area contributed by atoms with E-state index in [2.05, 4.69) is 49.1 Å². The van der Waals surface area contributed by atoms with E-state index in [-0.39, 0.29) is 5.04 Å². The number of aromatic nitrogens is 2. The van der Waals surface area contributed by atoms with E-state index in [1.165, 1.54) is 0 Å². The molecule has 0 aliphatic carbocycles. The summed E-state index contributed by atoms with van der Waals surface area (Å²) in [6.07, 6.45) is 3.42. The molecule has 2 rings (SSSR count). The van der Waals surface area contributed by atoms with Crippen molar-refractivity contribution in [3.63, 3.8) is 0 Å². The first-order valence-corrected chi connectivity index (χ1v) is 10.5. The van der Waals surface area contributed by atoms with Gasteiger partial charge in [0, 0.05) is 12.7 Å². The van der Waals surface area contributed by atoms with Crippen molar-refractivity contribution < 1.29 is 4.43 Å². The number of pyridine rings is 2. The van der Waals surface area contributed by atoms with Gasteiger partial charge in [-0.3, -0.25) is 9.97 Å². The molecule has 0 atom stereocenters. The Labute approximate surface area is 133 Å². The summed E-state index contributed by atoms with van der Waals surface area (Å²) in [5, 5.41) is 3.57. The Morgan fingerprint density at radius 2 is 2.00 bits per heavy atom. The van der Waals surface area contributed by atoms with Crippen LogP contribution in [0.15, 0.2) is 24.5 Å². The maximum atomic E-state index is 6.17. The number of anilines is 2. The summed E-state index contributed by atoms with van der Waals surface area (Å²) in [5.74, 6) is 0. The van der Waals surface area contributed by atoms with Crippen LogP contribution in [-0.4, -0.2) is 31.4 Å². The smallest absolute Gasteiger partial charge is 0.192 e. The lowest BCUT2D eigenvalue weighted by molar-refractivity contribution is 0.301. The van der Waals surface area contributed by atoms with Gasteiger partial charge >= 0.3 is 0 Å². The van der Waals surface area contributed by atoms with Crippen LogP contribution in [0, 0.1) is 0 Å². The standard InChI is InChI=1S/C16H26N4OSi/c1-16(2,3)22(4,5)21-10-9-19-14-12(17)11-20-13-7-6-8-18-15(13)14/h6-8,11H,9-10,17H2,1-5H3,(H,19,20). The maximum Gasteiger partial charge on any atom is 0.192 e. The first-order chi connectivity index (χ1) is 10.2. The molecule has 0 aliphatic rings. The van der Waals surface area contributed by atoms with Crippen LogP contribution in [0.3, 0.4) is 0 Å². The molecule has 0 amide bonds. The summed E-state index contributed by atoms with van der Waals surface area (Å²) in [6.45, 7) is 12.6. The van der Waals surface area contributed by atoms with E-state index in [9.17, 15) is 0 Å². The van der Waals surface area contributed by atoms with Crippen molar-refractivity contribution in [2.24, 2.45) is 0 Å². The number of rotatable bonds is 5. The van der Waals surface area contributed by atoms with E-state index in [1.807, 2.05) is 12.1 Å². The zero-order valence-electron chi connectivity index (χ0n) is 14.1. The normalized spacial score (nSPS) is 12.6. The molecule has 2 aromatic rings. The quantitative estimate of drug-likeness (QED) is 0.650. The molecule has 120 valence electrons. The van der Waals surface area contributed by atoms with Crippen LogP contribution in [0.1, 0.15) is 20.8 Å². The largest absolute Gasteiger partial charge is 0.415 e. The average Bonchev–Trinajstić information content (AvgIpc) is 2.44. The molecule has 0 fully saturated rings. The monoisotopic (exact) mass is 318 g/mol. The van der Waals surface area contributed by atoms with Gasteiger partial charge in [0.1, 0.15) is 5.52 Å². The molecular weight excluding hydrogens is 292 g/mol. The van der Waals surface area contributed by atoms with Crippen molar-refractivity contribution in [2.45, 2.75) is 38.9 Å². The van der Waals surface area contributed by atoms with Crippen LogP contribution in [0.4, 0.5) is 11.4 Å². The predicted octanol–water partition coefficient (Wildman–Crippen LogP) is 3.65. The number of nitrogens with zero attached hydrogens (tertiary/aromatic N) is 2. The third-order valence-electron chi connectivity index (χ3n) is 4.33. The van der Waals surface area contributed by atoms with Crippen molar-refractivity contribution in [3.8, 4) is 0 Å². The Morgan fingerprint density at radius 1 is 1.27 bits per heavy atom. The average molecular weight is 318 g/mol. The van der Waals surface area contributed by atoms with Crippen LogP contribution in [0.5, 0.6) is 0 Å². The second-order valence-corrected chi connectivity index (χ2v) is 11.8. The molecule has 22 heavy (non-hydrogen) atoms. The number of hydrogen-bond acceptors (Lipinski definition) is 5. The highest BCUT2D eigenvalue weighted by Crippen LogP contribution is 2.36. The summed E-state index contributed by atoms with van der Waals surface area (Å²) in [7, 11) is -1.71. The SMILES string of the molecule is CC(C)(C)[Si](C)(C)OCCNc1c(N)cnc2cccnc12. The van der Waals surface area contributed by atoms with E-state index >= 15 is 0 Å². The van der Waals surface area contributed by atoms with Gasteiger partial charge in [-0.2, -0.15) is 0 Å². The molecule has 0 aromatic carbocycles. The number of fused-ring (bicyclic) bond motifs is 1. The van der Waals surface area contributed by atoms with Gasteiger partial charge in [0.15, 0.2) is 8.32 Å². The Morgan fingerprint density at radius 3 is 2.68 bits per heavy atom. The second kappa shape index (κ2) is 6.22. The highest BCUT2D eigenvalue weighted by Gasteiger charge is 2.36. The van der Waals surface area contributed by atoms with E-state index < -0.39 is 8.32 Å². The van der Waals surface area contributed by atoms with Gasteiger partial charge in [-0.1, -0.05) is 20.8 Å². The Bertz CT molecular complexity index is 652. The van der Waals surface area contributed by atoms with E-state index in [0.717, 1.165) is 16.7 Å². The molecule has 3 N–H and O–H groups in total. The summed E-state index contributed by atoms with van der Waals surface area (Å²) >= 11 is 0. The summed E-state index contributed by atoms with van der Waals surface area (Å²) < 4.78 is 6.17. The molecule has 0 spiro atoms. The third kappa shape index (κ3) is 3.56. The van der Waals surface area contributed by atoms with Crippen molar-refractivity contribution in [2.75, 3.05) is 24.2 Å². The number of hydrogen-bond donors (Lipinski definition) is 2. The lowest BCUT2D eigenvalue weighted by Gasteiger charge is -2.36. The molecule has 0 aliphatic heterocycles. The third-order valence-corrected chi connectivity index (χ3v) is 8.87. The van der Waals surface area contributed by atoms with Gasteiger partial charge in [-0.25, -0.2) is 0 Å². The van der Waals surface area contributed by atoms with E-state index in [1.54, 1.807) is 12.4 Å². The van der Waals surface area contributed by atoms with Crippen LogP contribution in [-0.2, 0) is 4.43 Å². The fraction of sp³-hybridized carbons (Fsp3) is 0.500. The van der Waals surface area contributed by atoms with Gasteiger partial charge in [0.2, 0.25) is 0 Å². The lowest BCUT2D eigenvalue weighted by Crippen LogP contribution is -2.41.